The molecule has 1 aromatic heterocycles. The summed E-state index contributed by atoms with van der Waals surface area (Å²) in [6, 6.07) is 0. The molecule has 1 fully saturated rings. The summed E-state index contributed by atoms with van der Waals surface area (Å²) in [5.41, 5.74) is 1.32. The molecule has 2 atom stereocenters. The number of hydrogen-bond acceptors (Lipinski definition) is 2. The van der Waals surface area contributed by atoms with E-state index in [1.807, 2.05) is 6.92 Å². The Balaban J connectivity index is 2.28. The first-order chi connectivity index (χ1) is 6.20. The van der Waals surface area contributed by atoms with Crippen molar-refractivity contribution in [1.82, 2.24) is 0 Å². The van der Waals surface area contributed by atoms with E-state index in [0.717, 1.165) is 12.8 Å². The van der Waals surface area contributed by atoms with Crippen LogP contribution in [0.15, 0.2) is 15.2 Å². The third-order valence-corrected chi connectivity index (χ3v) is 4.61. The highest BCUT2D eigenvalue weighted by Crippen LogP contribution is 2.41. The predicted molar refractivity (Wildman–Crippen MR) is 58.2 cm³/mol. The topological polar surface area (TPSA) is 17.1 Å². The van der Waals surface area contributed by atoms with Crippen molar-refractivity contribution in [1.29, 1.82) is 0 Å². The standard InChI is InChI=1S/C10H11BrOS/c1-6-7(2-3-10(6)12)8-4-13-5-9(8)11/h4-7H,2-3H2,1H3. The molecular weight excluding hydrogens is 248 g/mol. The molecule has 0 spiro atoms. The Morgan fingerprint density at radius 2 is 2.31 bits per heavy atom. The fraction of sp³-hybridized carbons (Fsp3) is 0.500. The number of thiophene rings is 1. The second-order valence-corrected chi connectivity index (χ2v) is 5.17. The van der Waals surface area contributed by atoms with Crippen LogP contribution in [0.4, 0.5) is 0 Å². The molecule has 2 rings (SSSR count). The molecule has 1 aliphatic rings. The van der Waals surface area contributed by atoms with Crippen LogP contribution >= 0.6 is 27.3 Å². The van der Waals surface area contributed by atoms with Crippen LogP contribution < -0.4 is 0 Å². The molecular formula is C10H11BrOS. The van der Waals surface area contributed by atoms with Crippen molar-refractivity contribution < 1.29 is 4.79 Å². The number of halogens is 1. The molecule has 0 N–H and O–H groups in total. The molecule has 1 nitrogen and oxygen atoms in total. The molecule has 1 heterocycles. The Morgan fingerprint density at radius 3 is 2.77 bits per heavy atom. The number of carbonyl (C=O) groups is 1. The Kier molecular flexibility index (Phi) is 2.56. The maximum absolute atomic E-state index is 11.4. The maximum atomic E-state index is 11.4. The fourth-order valence-electron chi connectivity index (χ4n) is 1.98. The molecule has 0 radical (unpaired) electrons. The quantitative estimate of drug-likeness (QED) is 0.753. The smallest absolute Gasteiger partial charge is 0.136 e. The van der Waals surface area contributed by atoms with Crippen molar-refractivity contribution in [3.63, 3.8) is 0 Å². The SMILES string of the molecule is CC1C(=O)CCC1c1cscc1Br. The van der Waals surface area contributed by atoms with Gasteiger partial charge in [-0.1, -0.05) is 6.92 Å². The van der Waals surface area contributed by atoms with Gasteiger partial charge in [-0.3, -0.25) is 4.79 Å². The van der Waals surface area contributed by atoms with Crippen molar-refractivity contribution in [3.05, 3.63) is 20.8 Å². The summed E-state index contributed by atoms with van der Waals surface area (Å²) in [7, 11) is 0. The molecule has 2 unspecified atom stereocenters. The summed E-state index contributed by atoms with van der Waals surface area (Å²) in [4.78, 5) is 11.4. The van der Waals surface area contributed by atoms with E-state index in [1.54, 1.807) is 11.3 Å². The summed E-state index contributed by atoms with van der Waals surface area (Å²) >= 11 is 5.22. The minimum absolute atomic E-state index is 0.214. The number of Topliss-reactive ketones (excluding diaryl/α,β-unsaturated/α-hetero) is 1. The van der Waals surface area contributed by atoms with E-state index in [0.29, 0.717) is 11.7 Å². The minimum Gasteiger partial charge on any atom is -0.299 e. The first-order valence-corrected chi connectivity index (χ1v) is 6.18. The van der Waals surface area contributed by atoms with Crippen LogP contribution in [0, 0.1) is 5.92 Å². The van der Waals surface area contributed by atoms with Crippen LogP contribution in [0.2, 0.25) is 0 Å². The maximum Gasteiger partial charge on any atom is 0.136 e. The molecule has 1 aromatic rings. The van der Waals surface area contributed by atoms with Gasteiger partial charge in [-0.15, -0.1) is 0 Å². The lowest BCUT2D eigenvalue weighted by Gasteiger charge is -2.12. The van der Waals surface area contributed by atoms with Crippen molar-refractivity contribution in [3.8, 4) is 0 Å². The predicted octanol–water partition coefficient (Wildman–Crippen LogP) is 3.59. The molecule has 0 aliphatic heterocycles. The molecule has 1 saturated carbocycles. The first kappa shape index (κ1) is 9.41. The van der Waals surface area contributed by atoms with Crippen molar-refractivity contribution in [2.75, 3.05) is 0 Å². The van der Waals surface area contributed by atoms with Gasteiger partial charge in [0, 0.05) is 22.2 Å². The molecule has 0 amide bonds. The van der Waals surface area contributed by atoms with E-state index in [4.69, 9.17) is 0 Å². The van der Waals surface area contributed by atoms with Crippen LogP contribution in [0.5, 0.6) is 0 Å². The Hall–Kier alpha value is -0.150. The zero-order chi connectivity index (χ0) is 9.42. The van der Waals surface area contributed by atoms with Gasteiger partial charge in [-0.2, -0.15) is 11.3 Å². The number of ketones is 1. The summed E-state index contributed by atoms with van der Waals surface area (Å²) in [6.07, 6.45) is 1.78. The molecule has 13 heavy (non-hydrogen) atoms. The highest BCUT2D eigenvalue weighted by molar-refractivity contribution is 9.10. The number of rotatable bonds is 1. The first-order valence-electron chi connectivity index (χ1n) is 4.44. The monoisotopic (exact) mass is 258 g/mol. The van der Waals surface area contributed by atoms with Crippen molar-refractivity contribution >= 4 is 33.0 Å². The van der Waals surface area contributed by atoms with Crippen LogP contribution in [-0.4, -0.2) is 5.78 Å². The molecule has 0 saturated heterocycles. The van der Waals surface area contributed by atoms with Crippen LogP contribution in [0.3, 0.4) is 0 Å². The Labute approximate surface area is 90.3 Å². The van der Waals surface area contributed by atoms with Gasteiger partial charge in [0.2, 0.25) is 0 Å². The highest BCUT2D eigenvalue weighted by atomic mass is 79.9. The van der Waals surface area contributed by atoms with Gasteiger partial charge in [0.1, 0.15) is 5.78 Å². The summed E-state index contributed by atoms with van der Waals surface area (Å²) in [6.45, 7) is 2.05. The summed E-state index contributed by atoms with van der Waals surface area (Å²) < 4.78 is 1.17. The van der Waals surface area contributed by atoms with Gasteiger partial charge in [0.25, 0.3) is 0 Å². The van der Waals surface area contributed by atoms with Crippen LogP contribution in [0.1, 0.15) is 31.2 Å². The van der Waals surface area contributed by atoms with E-state index >= 15 is 0 Å². The van der Waals surface area contributed by atoms with Gasteiger partial charge in [0.15, 0.2) is 0 Å². The van der Waals surface area contributed by atoms with Gasteiger partial charge in [-0.25, -0.2) is 0 Å². The van der Waals surface area contributed by atoms with Crippen LogP contribution in [-0.2, 0) is 4.79 Å². The fourth-order valence-corrected chi connectivity index (χ4v) is 3.64. The average Bonchev–Trinajstić information content (AvgIpc) is 2.62. The lowest BCUT2D eigenvalue weighted by molar-refractivity contribution is -0.120. The van der Waals surface area contributed by atoms with E-state index in [1.165, 1.54) is 10.0 Å². The average molecular weight is 259 g/mol. The normalized spacial score (nSPS) is 28.3. The van der Waals surface area contributed by atoms with Gasteiger partial charge in [0.05, 0.1) is 0 Å². The largest absolute Gasteiger partial charge is 0.299 e. The van der Waals surface area contributed by atoms with Gasteiger partial charge >= 0.3 is 0 Å². The van der Waals surface area contributed by atoms with Crippen LogP contribution in [0.25, 0.3) is 0 Å². The lowest BCUT2D eigenvalue weighted by Crippen LogP contribution is -2.08. The second-order valence-electron chi connectivity index (χ2n) is 3.58. The van der Waals surface area contributed by atoms with Gasteiger partial charge < -0.3 is 0 Å². The third-order valence-electron chi connectivity index (χ3n) is 2.85. The van der Waals surface area contributed by atoms with E-state index < -0.39 is 0 Å². The molecule has 70 valence electrons. The summed E-state index contributed by atoms with van der Waals surface area (Å²) in [5, 5.41) is 4.24. The lowest BCUT2D eigenvalue weighted by atomic mass is 9.92. The van der Waals surface area contributed by atoms with E-state index in [-0.39, 0.29) is 5.92 Å². The van der Waals surface area contributed by atoms with E-state index in [2.05, 4.69) is 26.7 Å². The zero-order valence-corrected chi connectivity index (χ0v) is 9.82. The molecule has 1 aliphatic carbocycles. The van der Waals surface area contributed by atoms with Crippen molar-refractivity contribution in [2.45, 2.75) is 25.7 Å². The molecule has 3 heteroatoms. The molecule has 0 bridgehead atoms. The van der Waals surface area contributed by atoms with E-state index in [9.17, 15) is 4.79 Å². The summed E-state index contributed by atoms with van der Waals surface area (Å²) in [5.74, 6) is 1.09. The zero-order valence-electron chi connectivity index (χ0n) is 7.42. The third kappa shape index (κ3) is 1.59. The Morgan fingerprint density at radius 1 is 1.54 bits per heavy atom. The second kappa shape index (κ2) is 3.54. The minimum atomic E-state index is 0.214. The Bertz CT molecular complexity index is 331. The van der Waals surface area contributed by atoms with Gasteiger partial charge in [-0.05, 0) is 39.2 Å². The van der Waals surface area contributed by atoms with Crippen molar-refractivity contribution in [2.24, 2.45) is 5.92 Å². The highest BCUT2D eigenvalue weighted by Gasteiger charge is 2.33. The molecule has 0 aromatic carbocycles. The number of hydrogen-bond donors (Lipinski definition) is 0. The number of carbonyl (C=O) groups excluding carboxylic acids is 1.